The van der Waals surface area contributed by atoms with E-state index in [2.05, 4.69) is 52.0 Å². The van der Waals surface area contributed by atoms with Gasteiger partial charge in [-0.2, -0.15) is 0 Å². The molecule has 3 N–H and O–H groups in total. The highest BCUT2D eigenvalue weighted by Crippen LogP contribution is 2.45. The molecule has 2 unspecified atom stereocenters. The quantitative estimate of drug-likeness (QED) is 0.0169. The van der Waals surface area contributed by atoms with Crippen LogP contribution < -0.4 is 0 Å². The van der Waals surface area contributed by atoms with Crippen molar-refractivity contribution in [3.63, 3.8) is 0 Å². The van der Waals surface area contributed by atoms with Crippen molar-refractivity contribution < 1.29 is 80.2 Å². The van der Waals surface area contributed by atoms with E-state index in [0.717, 1.165) is 128 Å². The fourth-order valence-corrected chi connectivity index (χ4v) is 13.6. The topological polar surface area (TPSA) is 237 Å². The lowest BCUT2D eigenvalue weighted by Crippen LogP contribution is -2.30. The molecule has 17 nitrogen and oxygen atoms in total. The van der Waals surface area contributed by atoms with E-state index >= 15 is 0 Å². The number of allylic oxidation sites excluding steroid dienone is 4. The van der Waals surface area contributed by atoms with E-state index < -0.39 is 97.5 Å². The normalized spacial score (nSPS) is 13.9. The van der Waals surface area contributed by atoms with Gasteiger partial charge in [0.05, 0.1) is 26.4 Å². The molecule has 5 atom stereocenters. The van der Waals surface area contributed by atoms with E-state index in [1.807, 2.05) is 0 Å². The van der Waals surface area contributed by atoms with Gasteiger partial charge in [-0.15, -0.1) is 0 Å². The molecule has 0 aliphatic heterocycles. The fraction of sp³-hybridized carbons (Fsp3) is 0.901. The highest BCUT2D eigenvalue weighted by atomic mass is 31.2. The number of carbonyl (C=O) groups excluding carboxylic acids is 4. The first-order valence-electron chi connectivity index (χ1n) is 41.6. The summed E-state index contributed by atoms with van der Waals surface area (Å²) in [6.45, 7) is 4.97. The molecular formula is C81H154O17P2. The van der Waals surface area contributed by atoms with Crippen molar-refractivity contribution in [2.24, 2.45) is 0 Å². The fourth-order valence-electron chi connectivity index (χ4n) is 12.0. The Kier molecular flexibility index (Phi) is 73.0. The van der Waals surface area contributed by atoms with E-state index in [1.165, 1.54) is 205 Å². The third-order valence-electron chi connectivity index (χ3n) is 18.4. The molecule has 0 spiro atoms. The molecule has 0 fully saturated rings. The molecule has 100 heavy (non-hydrogen) atoms. The summed E-state index contributed by atoms with van der Waals surface area (Å²) in [5.74, 6) is -2.13. The Labute approximate surface area is 612 Å². The summed E-state index contributed by atoms with van der Waals surface area (Å²) in [6.07, 6.45) is 70.0. The Bertz CT molecular complexity index is 1990. The number of hydrogen-bond donors (Lipinski definition) is 3. The van der Waals surface area contributed by atoms with E-state index in [1.54, 1.807) is 0 Å². The van der Waals surface area contributed by atoms with Crippen LogP contribution in [-0.2, 0) is 65.4 Å². The first-order chi connectivity index (χ1) is 48.7. The van der Waals surface area contributed by atoms with Crippen LogP contribution in [0.4, 0.5) is 0 Å². The van der Waals surface area contributed by atoms with E-state index in [0.29, 0.717) is 25.7 Å². The highest BCUT2D eigenvalue weighted by Gasteiger charge is 2.30. The molecule has 19 heteroatoms. The predicted molar refractivity (Wildman–Crippen MR) is 409 cm³/mol. The Morgan fingerprint density at radius 3 is 0.700 bits per heavy atom. The molecule has 590 valence electrons. The van der Waals surface area contributed by atoms with Crippen LogP contribution in [0, 0.1) is 0 Å². The van der Waals surface area contributed by atoms with Crippen LogP contribution in [0.5, 0.6) is 0 Å². The van der Waals surface area contributed by atoms with Crippen LogP contribution in [0.3, 0.4) is 0 Å². The minimum Gasteiger partial charge on any atom is -0.462 e. The molecule has 0 bridgehead atoms. The maximum absolute atomic E-state index is 13.1. The number of phosphoric acid groups is 2. The minimum atomic E-state index is -4.97. The summed E-state index contributed by atoms with van der Waals surface area (Å²) in [5.41, 5.74) is 0. The summed E-state index contributed by atoms with van der Waals surface area (Å²) in [7, 11) is -9.93. The van der Waals surface area contributed by atoms with Gasteiger partial charge in [-0.05, 0) is 77.0 Å². The Morgan fingerprint density at radius 2 is 0.460 bits per heavy atom. The smallest absolute Gasteiger partial charge is 0.462 e. The molecule has 0 saturated carbocycles. The monoisotopic (exact) mass is 1460 g/mol. The highest BCUT2D eigenvalue weighted by molar-refractivity contribution is 7.47. The number of phosphoric ester groups is 2. The molecule has 0 aliphatic carbocycles. The number of aliphatic hydroxyl groups excluding tert-OH is 1. The number of aliphatic hydroxyl groups is 1. The van der Waals surface area contributed by atoms with Crippen molar-refractivity contribution >= 4 is 39.5 Å². The molecule has 0 amide bonds. The first-order valence-corrected chi connectivity index (χ1v) is 44.6. The van der Waals surface area contributed by atoms with Crippen LogP contribution in [0.2, 0.25) is 0 Å². The van der Waals surface area contributed by atoms with Gasteiger partial charge in [-0.25, -0.2) is 9.13 Å². The van der Waals surface area contributed by atoms with E-state index in [-0.39, 0.29) is 25.7 Å². The van der Waals surface area contributed by atoms with Gasteiger partial charge in [0.1, 0.15) is 19.3 Å². The third kappa shape index (κ3) is 73.8. The second-order valence-electron chi connectivity index (χ2n) is 28.4. The zero-order valence-corrected chi connectivity index (χ0v) is 66.5. The van der Waals surface area contributed by atoms with Gasteiger partial charge in [-0.1, -0.05) is 335 Å². The van der Waals surface area contributed by atoms with Crippen molar-refractivity contribution in [2.45, 2.75) is 431 Å². The van der Waals surface area contributed by atoms with Crippen LogP contribution in [-0.4, -0.2) is 96.7 Å². The second kappa shape index (κ2) is 74.8. The van der Waals surface area contributed by atoms with Crippen molar-refractivity contribution in [3.05, 3.63) is 24.3 Å². The van der Waals surface area contributed by atoms with Gasteiger partial charge >= 0.3 is 39.5 Å². The average molecular weight is 1460 g/mol. The second-order valence-corrected chi connectivity index (χ2v) is 31.3. The maximum atomic E-state index is 13.1. The average Bonchev–Trinajstić information content (AvgIpc) is 1.25. The van der Waals surface area contributed by atoms with E-state index in [4.69, 9.17) is 37.0 Å². The van der Waals surface area contributed by atoms with Gasteiger partial charge in [-0.3, -0.25) is 37.3 Å². The molecule has 0 aliphatic rings. The Morgan fingerprint density at radius 1 is 0.270 bits per heavy atom. The van der Waals surface area contributed by atoms with E-state index in [9.17, 15) is 43.2 Å². The van der Waals surface area contributed by atoms with Crippen molar-refractivity contribution in [2.75, 3.05) is 39.6 Å². The Hall–Kier alpha value is -2.46. The van der Waals surface area contributed by atoms with Gasteiger partial charge in [0.25, 0.3) is 0 Å². The number of carbonyl (C=O) groups is 4. The van der Waals surface area contributed by atoms with Crippen LogP contribution in [0.15, 0.2) is 24.3 Å². The van der Waals surface area contributed by atoms with Crippen LogP contribution in [0.1, 0.15) is 413 Å². The number of hydrogen-bond acceptors (Lipinski definition) is 15. The molecular weight excluding hydrogens is 1310 g/mol. The largest absolute Gasteiger partial charge is 0.472 e. The molecule has 0 radical (unpaired) electrons. The standard InChI is InChI=1S/C81H154O17P2/c1-5-9-13-17-21-25-29-33-37-41-45-49-53-57-61-65-78(83)91-71-76(97-80(85)67-63-59-55-51-47-43-39-35-31-27-23-19-15-11-7-3)73-95-99(87,88)93-69-75(82)70-94-100(89,90)96-74-77(98-81(86)68-64-60-56-52-48-44-40-36-32-28-24-20-16-12-8-4)72-92-79(84)66-62-58-54-50-46-42-38-34-30-26-22-18-14-10-6-2/h27,31,36,40,75-77,82H,5-26,28-30,32-35,37-39,41-74H2,1-4H3,(H,87,88)(H,89,90)/b31-27-,40-36-/t75-,76+,77+/m0/s1. The maximum Gasteiger partial charge on any atom is 0.472 e. The first kappa shape index (κ1) is 97.5. The summed E-state index contributed by atoms with van der Waals surface area (Å²) in [6, 6.07) is 0. The summed E-state index contributed by atoms with van der Waals surface area (Å²) < 4.78 is 68.7. The lowest BCUT2D eigenvalue weighted by molar-refractivity contribution is -0.161. The molecule has 0 heterocycles. The van der Waals surface area contributed by atoms with Gasteiger partial charge in [0.15, 0.2) is 12.2 Å². The van der Waals surface area contributed by atoms with Crippen molar-refractivity contribution in [1.29, 1.82) is 0 Å². The lowest BCUT2D eigenvalue weighted by atomic mass is 10.0. The van der Waals surface area contributed by atoms with Crippen molar-refractivity contribution in [1.82, 2.24) is 0 Å². The van der Waals surface area contributed by atoms with Crippen LogP contribution in [0.25, 0.3) is 0 Å². The molecule has 0 aromatic rings. The zero-order chi connectivity index (χ0) is 73.2. The summed E-state index contributed by atoms with van der Waals surface area (Å²) >= 11 is 0. The van der Waals surface area contributed by atoms with Crippen LogP contribution >= 0.6 is 15.6 Å². The number of ether oxygens (including phenoxy) is 4. The van der Waals surface area contributed by atoms with Crippen molar-refractivity contribution in [3.8, 4) is 0 Å². The summed E-state index contributed by atoms with van der Waals surface area (Å²) in [5, 5.41) is 10.6. The molecule has 0 aromatic heterocycles. The number of esters is 4. The predicted octanol–water partition coefficient (Wildman–Crippen LogP) is 24.1. The number of unbranched alkanes of at least 4 members (excludes halogenated alkanes) is 50. The zero-order valence-electron chi connectivity index (χ0n) is 64.7. The SMILES string of the molecule is CCCCCC/C=C\CCCCCCCCCC(=O)O[C@H](COC(=O)CCCCCCCCCCCCCCCCC)COP(=O)(O)OC[C@H](O)COP(=O)(O)OC[C@@H](COC(=O)CCCCCCCCCCCCCCCCC)OC(=O)CCCCCCC/C=C\CCCCCCCC. The van der Waals surface area contributed by atoms with Gasteiger partial charge in [0, 0.05) is 25.7 Å². The molecule has 0 aromatic carbocycles. The molecule has 0 saturated heterocycles. The minimum absolute atomic E-state index is 0.0941. The number of rotatable bonds is 80. The summed E-state index contributed by atoms with van der Waals surface area (Å²) in [4.78, 5) is 73.1. The van der Waals surface area contributed by atoms with Gasteiger partial charge in [0.2, 0.25) is 0 Å². The lowest BCUT2D eigenvalue weighted by Gasteiger charge is -2.21. The Balaban J connectivity index is 5.30. The third-order valence-corrected chi connectivity index (χ3v) is 20.3. The molecule has 0 rings (SSSR count). The van der Waals surface area contributed by atoms with Gasteiger partial charge < -0.3 is 33.8 Å².